The summed E-state index contributed by atoms with van der Waals surface area (Å²) >= 11 is 0. The standard InChI is InChI=1S/C14H21NO2/c1-3-17-13-9-11(7-8-12(13)16-2)14(15)10-5-4-6-10/h7-10,14H,3-6,15H2,1-2H3/t14-/m0/s1. The Hall–Kier alpha value is -1.22. The van der Waals surface area contributed by atoms with Crippen LogP contribution in [0, 0.1) is 5.92 Å². The average molecular weight is 235 g/mol. The van der Waals surface area contributed by atoms with E-state index < -0.39 is 0 Å². The van der Waals surface area contributed by atoms with Crippen LogP contribution in [0.3, 0.4) is 0 Å². The van der Waals surface area contributed by atoms with E-state index in [9.17, 15) is 0 Å². The molecule has 0 heterocycles. The maximum atomic E-state index is 6.26. The molecule has 1 atom stereocenters. The summed E-state index contributed by atoms with van der Waals surface area (Å²) in [6, 6.07) is 6.14. The fourth-order valence-electron chi connectivity index (χ4n) is 2.24. The molecule has 94 valence electrons. The Morgan fingerprint density at radius 3 is 2.65 bits per heavy atom. The highest BCUT2D eigenvalue weighted by molar-refractivity contribution is 5.44. The lowest BCUT2D eigenvalue weighted by molar-refractivity contribution is 0.262. The largest absolute Gasteiger partial charge is 0.493 e. The molecule has 0 saturated heterocycles. The number of methoxy groups -OCH3 is 1. The smallest absolute Gasteiger partial charge is 0.161 e. The van der Waals surface area contributed by atoms with Crippen LogP contribution >= 0.6 is 0 Å². The monoisotopic (exact) mass is 235 g/mol. The third-order valence-corrected chi connectivity index (χ3v) is 3.53. The number of benzene rings is 1. The van der Waals surface area contributed by atoms with Gasteiger partial charge in [0.25, 0.3) is 0 Å². The van der Waals surface area contributed by atoms with Gasteiger partial charge in [-0.25, -0.2) is 0 Å². The molecule has 2 rings (SSSR count). The van der Waals surface area contributed by atoms with Crippen LogP contribution in [0.1, 0.15) is 37.8 Å². The summed E-state index contributed by atoms with van der Waals surface area (Å²) in [5, 5.41) is 0. The van der Waals surface area contributed by atoms with Crippen LogP contribution in [-0.2, 0) is 0 Å². The van der Waals surface area contributed by atoms with E-state index >= 15 is 0 Å². The van der Waals surface area contributed by atoms with Crippen molar-refractivity contribution in [3.05, 3.63) is 23.8 Å². The van der Waals surface area contributed by atoms with E-state index in [2.05, 4.69) is 0 Å². The van der Waals surface area contributed by atoms with Gasteiger partial charge in [0, 0.05) is 6.04 Å². The first-order valence-corrected chi connectivity index (χ1v) is 6.32. The predicted octanol–water partition coefficient (Wildman–Crippen LogP) is 2.89. The second-order valence-electron chi connectivity index (χ2n) is 4.56. The molecule has 0 amide bonds. The molecule has 1 saturated carbocycles. The van der Waals surface area contributed by atoms with Crippen molar-refractivity contribution < 1.29 is 9.47 Å². The SMILES string of the molecule is CCOc1cc([C@@H](N)C2CCC2)ccc1OC. The third-order valence-electron chi connectivity index (χ3n) is 3.53. The molecule has 0 aromatic heterocycles. The molecule has 3 nitrogen and oxygen atoms in total. The summed E-state index contributed by atoms with van der Waals surface area (Å²) in [6.07, 6.45) is 3.81. The number of ether oxygens (including phenoxy) is 2. The molecule has 1 aliphatic carbocycles. The minimum Gasteiger partial charge on any atom is -0.493 e. The average Bonchev–Trinajstić information content (AvgIpc) is 2.27. The van der Waals surface area contributed by atoms with Gasteiger partial charge in [-0.3, -0.25) is 0 Å². The Morgan fingerprint density at radius 1 is 1.35 bits per heavy atom. The maximum Gasteiger partial charge on any atom is 0.161 e. The summed E-state index contributed by atoms with van der Waals surface area (Å²) < 4.78 is 10.8. The zero-order chi connectivity index (χ0) is 12.3. The van der Waals surface area contributed by atoms with Crippen LogP contribution in [0.2, 0.25) is 0 Å². The molecule has 1 aromatic rings. The van der Waals surface area contributed by atoms with Crippen molar-refractivity contribution in [1.82, 2.24) is 0 Å². The number of rotatable bonds is 5. The second-order valence-corrected chi connectivity index (χ2v) is 4.56. The first-order valence-electron chi connectivity index (χ1n) is 6.32. The van der Waals surface area contributed by atoms with E-state index in [-0.39, 0.29) is 6.04 Å². The lowest BCUT2D eigenvalue weighted by Crippen LogP contribution is -2.26. The van der Waals surface area contributed by atoms with Gasteiger partial charge in [-0.15, -0.1) is 0 Å². The highest BCUT2D eigenvalue weighted by Crippen LogP contribution is 2.38. The zero-order valence-electron chi connectivity index (χ0n) is 10.6. The van der Waals surface area contributed by atoms with Gasteiger partial charge >= 0.3 is 0 Å². The van der Waals surface area contributed by atoms with Gasteiger partial charge in [-0.2, -0.15) is 0 Å². The van der Waals surface area contributed by atoms with E-state index in [0.29, 0.717) is 12.5 Å². The van der Waals surface area contributed by atoms with Crippen molar-refractivity contribution in [2.24, 2.45) is 11.7 Å². The molecule has 0 unspecified atom stereocenters. The van der Waals surface area contributed by atoms with Crippen molar-refractivity contribution in [1.29, 1.82) is 0 Å². The minimum atomic E-state index is 0.133. The Kier molecular flexibility index (Phi) is 3.89. The number of nitrogens with two attached hydrogens (primary N) is 1. The van der Waals surface area contributed by atoms with Crippen molar-refractivity contribution in [2.75, 3.05) is 13.7 Å². The van der Waals surface area contributed by atoms with Crippen molar-refractivity contribution in [3.8, 4) is 11.5 Å². The van der Waals surface area contributed by atoms with E-state index in [1.165, 1.54) is 19.3 Å². The second kappa shape index (κ2) is 5.41. The van der Waals surface area contributed by atoms with Gasteiger partial charge in [0.05, 0.1) is 13.7 Å². The molecule has 3 heteroatoms. The summed E-state index contributed by atoms with van der Waals surface area (Å²) in [5.41, 5.74) is 7.41. The summed E-state index contributed by atoms with van der Waals surface area (Å²) in [4.78, 5) is 0. The van der Waals surface area contributed by atoms with Gasteiger partial charge in [0.2, 0.25) is 0 Å². The molecule has 2 N–H and O–H groups in total. The van der Waals surface area contributed by atoms with Crippen molar-refractivity contribution >= 4 is 0 Å². The quantitative estimate of drug-likeness (QED) is 0.853. The van der Waals surface area contributed by atoms with Gasteiger partial charge in [-0.1, -0.05) is 12.5 Å². The Bertz CT molecular complexity index is 374. The summed E-state index contributed by atoms with van der Waals surface area (Å²) in [7, 11) is 1.66. The van der Waals surface area contributed by atoms with E-state index in [4.69, 9.17) is 15.2 Å². The molecule has 0 bridgehead atoms. The minimum absolute atomic E-state index is 0.133. The molecule has 0 spiro atoms. The van der Waals surface area contributed by atoms with Gasteiger partial charge < -0.3 is 15.2 Å². The number of hydrogen-bond donors (Lipinski definition) is 1. The van der Waals surface area contributed by atoms with Crippen LogP contribution in [-0.4, -0.2) is 13.7 Å². The third kappa shape index (κ3) is 2.55. The Labute approximate surface area is 103 Å². The van der Waals surface area contributed by atoms with E-state index in [0.717, 1.165) is 17.1 Å². The number of hydrogen-bond acceptors (Lipinski definition) is 3. The van der Waals surface area contributed by atoms with Crippen LogP contribution < -0.4 is 15.2 Å². The highest BCUT2D eigenvalue weighted by Gasteiger charge is 2.26. The fourth-order valence-corrected chi connectivity index (χ4v) is 2.24. The zero-order valence-corrected chi connectivity index (χ0v) is 10.6. The van der Waals surface area contributed by atoms with Crippen LogP contribution in [0.4, 0.5) is 0 Å². The van der Waals surface area contributed by atoms with Crippen LogP contribution in [0.25, 0.3) is 0 Å². The first kappa shape index (κ1) is 12.2. The molecule has 1 aliphatic rings. The molecule has 17 heavy (non-hydrogen) atoms. The van der Waals surface area contributed by atoms with Crippen LogP contribution in [0.15, 0.2) is 18.2 Å². The van der Waals surface area contributed by atoms with Gasteiger partial charge in [0.15, 0.2) is 11.5 Å². The molecule has 0 aliphatic heterocycles. The van der Waals surface area contributed by atoms with Gasteiger partial charge in [0.1, 0.15) is 0 Å². The first-order chi connectivity index (χ1) is 8.26. The lowest BCUT2D eigenvalue weighted by Gasteiger charge is -2.31. The lowest BCUT2D eigenvalue weighted by atomic mass is 9.77. The van der Waals surface area contributed by atoms with Gasteiger partial charge in [-0.05, 0) is 43.4 Å². The predicted molar refractivity (Wildman–Crippen MR) is 68.4 cm³/mol. The van der Waals surface area contributed by atoms with E-state index in [1.807, 2.05) is 25.1 Å². The fraction of sp³-hybridized carbons (Fsp3) is 0.571. The van der Waals surface area contributed by atoms with Crippen molar-refractivity contribution in [3.63, 3.8) is 0 Å². The Morgan fingerprint density at radius 2 is 2.12 bits per heavy atom. The summed E-state index contributed by atoms with van der Waals surface area (Å²) in [5.74, 6) is 2.21. The highest BCUT2D eigenvalue weighted by atomic mass is 16.5. The molecule has 0 radical (unpaired) electrons. The van der Waals surface area contributed by atoms with E-state index in [1.54, 1.807) is 7.11 Å². The molecular formula is C14H21NO2. The Balaban J connectivity index is 2.19. The molecular weight excluding hydrogens is 214 g/mol. The molecule has 1 fully saturated rings. The topological polar surface area (TPSA) is 44.5 Å². The molecule has 1 aromatic carbocycles. The maximum absolute atomic E-state index is 6.26. The van der Waals surface area contributed by atoms with Crippen LogP contribution in [0.5, 0.6) is 11.5 Å². The van der Waals surface area contributed by atoms with Crippen molar-refractivity contribution in [2.45, 2.75) is 32.2 Å². The summed E-state index contributed by atoms with van der Waals surface area (Å²) in [6.45, 7) is 2.61. The normalized spacial score (nSPS) is 17.4.